The van der Waals surface area contributed by atoms with E-state index in [2.05, 4.69) is 21.2 Å². The van der Waals surface area contributed by atoms with Gasteiger partial charge < -0.3 is 15.5 Å². The maximum atomic E-state index is 10.2. The molecule has 0 saturated carbocycles. The number of rotatable bonds is 3. The zero-order valence-corrected chi connectivity index (χ0v) is 8.86. The molecule has 0 aliphatic rings. The Morgan fingerprint density at radius 3 is 2.71 bits per heavy atom. The summed E-state index contributed by atoms with van der Waals surface area (Å²) in [6, 6.07) is 7.13. The fraction of sp³-hybridized carbons (Fsp3) is 0.222. The molecule has 1 rings (SSSR count). The smallest absolute Gasteiger partial charge is 0.404 e. The van der Waals surface area contributed by atoms with Gasteiger partial charge in [0.1, 0.15) is 0 Å². The molecule has 1 atom stereocenters. The van der Waals surface area contributed by atoms with E-state index in [9.17, 15) is 9.90 Å². The molecule has 76 valence electrons. The number of nitrogens with one attached hydrogen (secondary N) is 1. The van der Waals surface area contributed by atoms with Crippen LogP contribution in [0, 0.1) is 0 Å². The molecule has 1 aromatic carbocycles. The van der Waals surface area contributed by atoms with Crippen molar-refractivity contribution in [3.8, 4) is 0 Å². The molecule has 5 heteroatoms. The number of hydrogen-bond donors (Lipinski definition) is 3. The van der Waals surface area contributed by atoms with Crippen LogP contribution in [0.2, 0.25) is 0 Å². The first-order chi connectivity index (χ1) is 6.61. The van der Waals surface area contributed by atoms with Gasteiger partial charge in [-0.05, 0) is 11.6 Å². The second-order valence-corrected chi connectivity index (χ2v) is 3.58. The predicted molar refractivity (Wildman–Crippen MR) is 55.1 cm³/mol. The van der Waals surface area contributed by atoms with Crippen molar-refractivity contribution in [2.75, 3.05) is 6.54 Å². The van der Waals surface area contributed by atoms with Crippen molar-refractivity contribution in [1.82, 2.24) is 5.32 Å². The molecule has 0 spiro atoms. The van der Waals surface area contributed by atoms with Gasteiger partial charge in [0.15, 0.2) is 0 Å². The maximum Gasteiger partial charge on any atom is 0.404 e. The van der Waals surface area contributed by atoms with Crippen LogP contribution in [-0.2, 0) is 0 Å². The van der Waals surface area contributed by atoms with Crippen molar-refractivity contribution in [2.45, 2.75) is 6.10 Å². The molecule has 0 aliphatic heterocycles. The minimum absolute atomic E-state index is 0.0159. The van der Waals surface area contributed by atoms with E-state index >= 15 is 0 Å². The van der Waals surface area contributed by atoms with Crippen molar-refractivity contribution >= 4 is 22.0 Å². The van der Waals surface area contributed by atoms with Crippen molar-refractivity contribution in [2.24, 2.45) is 0 Å². The van der Waals surface area contributed by atoms with Crippen molar-refractivity contribution < 1.29 is 15.0 Å². The highest BCUT2D eigenvalue weighted by atomic mass is 79.9. The first-order valence-electron chi connectivity index (χ1n) is 4.00. The largest absolute Gasteiger partial charge is 0.465 e. The van der Waals surface area contributed by atoms with Crippen LogP contribution in [0.3, 0.4) is 0 Å². The SMILES string of the molecule is O=C(O)NCC(O)c1ccccc1Br. The van der Waals surface area contributed by atoms with Crippen LogP contribution in [0.5, 0.6) is 0 Å². The number of amides is 1. The summed E-state index contributed by atoms with van der Waals surface area (Å²) < 4.78 is 0.764. The van der Waals surface area contributed by atoms with E-state index in [0.29, 0.717) is 5.56 Å². The van der Waals surface area contributed by atoms with Crippen LogP contribution in [0.15, 0.2) is 28.7 Å². The van der Waals surface area contributed by atoms with Crippen molar-refractivity contribution in [3.63, 3.8) is 0 Å². The van der Waals surface area contributed by atoms with E-state index in [1.165, 1.54) is 0 Å². The lowest BCUT2D eigenvalue weighted by atomic mass is 10.1. The third kappa shape index (κ3) is 3.01. The number of carboxylic acid groups (broad SMARTS) is 1. The molecule has 4 nitrogen and oxygen atoms in total. The Labute approximate surface area is 89.7 Å². The Balaban J connectivity index is 2.65. The number of aliphatic hydroxyl groups is 1. The van der Waals surface area contributed by atoms with E-state index < -0.39 is 12.2 Å². The van der Waals surface area contributed by atoms with Gasteiger partial charge in [-0.15, -0.1) is 0 Å². The Bertz CT molecular complexity index is 330. The fourth-order valence-electron chi connectivity index (χ4n) is 1.04. The minimum atomic E-state index is -1.14. The summed E-state index contributed by atoms with van der Waals surface area (Å²) in [5, 5.41) is 20.1. The average Bonchev–Trinajstić information content (AvgIpc) is 2.15. The van der Waals surface area contributed by atoms with Gasteiger partial charge in [-0.3, -0.25) is 0 Å². The van der Waals surface area contributed by atoms with Crippen LogP contribution in [0.4, 0.5) is 4.79 Å². The highest BCUT2D eigenvalue weighted by Crippen LogP contribution is 2.22. The Hall–Kier alpha value is -1.07. The first kappa shape index (κ1) is 11.0. The molecule has 0 radical (unpaired) electrons. The van der Waals surface area contributed by atoms with Gasteiger partial charge in [-0.2, -0.15) is 0 Å². The molecule has 3 N–H and O–H groups in total. The summed E-state index contributed by atoms with van der Waals surface area (Å²) in [6.45, 7) is -0.0159. The molecule has 0 aliphatic carbocycles. The molecule has 0 heterocycles. The van der Waals surface area contributed by atoms with Gasteiger partial charge in [-0.1, -0.05) is 34.1 Å². The predicted octanol–water partition coefficient (Wildman–Crippen LogP) is 1.75. The summed E-state index contributed by atoms with van der Waals surface area (Å²) in [6.07, 6.45) is -1.97. The van der Waals surface area contributed by atoms with Crippen molar-refractivity contribution in [1.29, 1.82) is 0 Å². The zero-order valence-electron chi connectivity index (χ0n) is 7.27. The summed E-state index contributed by atoms with van der Waals surface area (Å²) in [5.41, 5.74) is 0.668. The Morgan fingerprint density at radius 1 is 1.50 bits per heavy atom. The van der Waals surface area contributed by atoms with Crippen LogP contribution in [0.1, 0.15) is 11.7 Å². The molecule has 14 heavy (non-hydrogen) atoms. The topological polar surface area (TPSA) is 69.6 Å². The second kappa shape index (κ2) is 4.97. The van der Waals surface area contributed by atoms with E-state index in [0.717, 1.165) is 4.47 Å². The lowest BCUT2D eigenvalue weighted by Gasteiger charge is -2.12. The lowest BCUT2D eigenvalue weighted by Crippen LogP contribution is -2.26. The number of aliphatic hydroxyl groups excluding tert-OH is 1. The maximum absolute atomic E-state index is 10.2. The molecular weight excluding hydrogens is 250 g/mol. The second-order valence-electron chi connectivity index (χ2n) is 2.72. The third-order valence-corrected chi connectivity index (χ3v) is 2.43. The fourth-order valence-corrected chi connectivity index (χ4v) is 1.59. The number of benzene rings is 1. The van der Waals surface area contributed by atoms with Gasteiger partial charge in [0.05, 0.1) is 12.6 Å². The van der Waals surface area contributed by atoms with Crippen LogP contribution in [-0.4, -0.2) is 22.9 Å². The standard InChI is InChI=1S/C9H10BrNO3/c10-7-4-2-1-3-6(7)8(12)5-11-9(13)14/h1-4,8,11-12H,5H2,(H,13,14). The molecule has 0 fully saturated rings. The van der Waals surface area contributed by atoms with E-state index in [4.69, 9.17) is 5.11 Å². The normalized spacial score (nSPS) is 12.1. The quantitative estimate of drug-likeness (QED) is 0.775. The molecule has 0 saturated heterocycles. The molecule has 1 amide bonds. The molecule has 1 aromatic rings. The van der Waals surface area contributed by atoms with Crippen LogP contribution >= 0.6 is 15.9 Å². The van der Waals surface area contributed by atoms with E-state index in [-0.39, 0.29) is 6.54 Å². The first-order valence-corrected chi connectivity index (χ1v) is 4.80. The minimum Gasteiger partial charge on any atom is -0.465 e. The number of hydrogen-bond acceptors (Lipinski definition) is 2. The van der Waals surface area contributed by atoms with Gasteiger partial charge >= 0.3 is 6.09 Å². The highest BCUT2D eigenvalue weighted by molar-refractivity contribution is 9.10. The molecule has 0 bridgehead atoms. The summed E-state index contributed by atoms with van der Waals surface area (Å²) in [4.78, 5) is 10.2. The van der Waals surface area contributed by atoms with Gasteiger partial charge in [0.2, 0.25) is 0 Å². The summed E-state index contributed by atoms with van der Waals surface area (Å²) >= 11 is 3.27. The number of carbonyl (C=O) groups is 1. The molecule has 0 aromatic heterocycles. The summed E-state index contributed by atoms with van der Waals surface area (Å²) in [7, 11) is 0. The number of halogens is 1. The van der Waals surface area contributed by atoms with Crippen LogP contribution in [0.25, 0.3) is 0 Å². The van der Waals surface area contributed by atoms with E-state index in [1.54, 1.807) is 18.2 Å². The average molecular weight is 260 g/mol. The van der Waals surface area contributed by atoms with Gasteiger partial charge in [0.25, 0.3) is 0 Å². The molecular formula is C9H10BrNO3. The monoisotopic (exact) mass is 259 g/mol. The van der Waals surface area contributed by atoms with Crippen LogP contribution < -0.4 is 5.32 Å². The molecule has 1 unspecified atom stereocenters. The van der Waals surface area contributed by atoms with E-state index in [1.807, 2.05) is 6.07 Å². The third-order valence-electron chi connectivity index (χ3n) is 1.71. The highest BCUT2D eigenvalue weighted by Gasteiger charge is 2.10. The Morgan fingerprint density at radius 2 is 2.14 bits per heavy atom. The van der Waals surface area contributed by atoms with Crippen molar-refractivity contribution in [3.05, 3.63) is 34.3 Å². The Kier molecular flexibility index (Phi) is 3.91. The van der Waals surface area contributed by atoms with Gasteiger partial charge in [-0.25, -0.2) is 4.79 Å². The lowest BCUT2D eigenvalue weighted by molar-refractivity contribution is 0.158. The summed E-state index contributed by atoms with van der Waals surface area (Å²) in [5.74, 6) is 0. The zero-order chi connectivity index (χ0) is 10.6. The van der Waals surface area contributed by atoms with Gasteiger partial charge in [0, 0.05) is 4.47 Å².